The van der Waals surface area contributed by atoms with Crippen molar-refractivity contribution in [1.82, 2.24) is 0 Å². The molecule has 0 bridgehead atoms. The van der Waals surface area contributed by atoms with Crippen LogP contribution in [0.4, 0.5) is 5.69 Å². The zero-order valence-corrected chi connectivity index (χ0v) is 9.41. The summed E-state index contributed by atoms with van der Waals surface area (Å²) in [4.78, 5) is 1.03. The molecule has 0 atom stereocenters. The van der Waals surface area contributed by atoms with Crippen molar-refractivity contribution in [2.75, 3.05) is 5.73 Å². The molecule has 0 amide bonds. The minimum atomic E-state index is 0.914. The maximum Gasteiger partial charge on any atom is 0.0387 e. The third-order valence-corrected chi connectivity index (χ3v) is 3.08. The van der Waals surface area contributed by atoms with Crippen LogP contribution < -0.4 is 5.73 Å². The van der Waals surface area contributed by atoms with Gasteiger partial charge in [0.1, 0.15) is 0 Å². The Hall–Kier alpha value is -0.630. The van der Waals surface area contributed by atoms with Gasteiger partial charge in [-0.2, -0.15) is 0 Å². The second-order valence-corrected chi connectivity index (χ2v) is 3.94. The van der Waals surface area contributed by atoms with Crippen molar-refractivity contribution in [2.45, 2.75) is 38.5 Å². The number of nitrogens with two attached hydrogens (primary N) is 1. The van der Waals surface area contributed by atoms with Crippen molar-refractivity contribution >= 4 is 18.3 Å². The molecule has 2 heteroatoms. The van der Waals surface area contributed by atoms with E-state index in [0.29, 0.717) is 0 Å². The minimum Gasteiger partial charge on any atom is -0.398 e. The van der Waals surface area contributed by atoms with Crippen molar-refractivity contribution in [2.24, 2.45) is 0 Å². The fourth-order valence-electron chi connectivity index (χ4n) is 1.55. The Morgan fingerprint density at radius 1 is 1.38 bits per heavy atom. The van der Waals surface area contributed by atoms with E-state index in [0.717, 1.165) is 29.0 Å². The van der Waals surface area contributed by atoms with E-state index in [-0.39, 0.29) is 0 Å². The zero-order valence-electron chi connectivity index (χ0n) is 8.52. The van der Waals surface area contributed by atoms with E-state index in [1.807, 2.05) is 6.92 Å². The fourth-order valence-corrected chi connectivity index (χ4v) is 1.73. The van der Waals surface area contributed by atoms with E-state index >= 15 is 0 Å². The molecule has 72 valence electrons. The summed E-state index contributed by atoms with van der Waals surface area (Å²) in [5, 5.41) is 0. The highest BCUT2D eigenvalue weighted by atomic mass is 32.1. The van der Waals surface area contributed by atoms with Gasteiger partial charge < -0.3 is 5.73 Å². The zero-order chi connectivity index (χ0) is 10.0. The summed E-state index contributed by atoms with van der Waals surface area (Å²) >= 11 is 4.42. The van der Waals surface area contributed by atoms with Crippen molar-refractivity contribution in [3.8, 4) is 0 Å². The van der Waals surface area contributed by atoms with Gasteiger partial charge >= 0.3 is 0 Å². The molecule has 0 saturated heterocycles. The fraction of sp³-hybridized carbons (Fsp3) is 0.455. The lowest BCUT2D eigenvalue weighted by molar-refractivity contribution is 0.917. The van der Waals surface area contributed by atoms with Gasteiger partial charge in [-0.3, -0.25) is 0 Å². The molecule has 0 unspecified atom stereocenters. The molecule has 1 aromatic rings. The van der Waals surface area contributed by atoms with Crippen LogP contribution in [0.2, 0.25) is 0 Å². The molecule has 0 aliphatic rings. The lowest BCUT2D eigenvalue weighted by Gasteiger charge is -2.12. The molecule has 0 heterocycles. The van der Waals surface area contributed by atoms with E-state index < -0.39 is 0 Å². The molecule has 1 rings (SSSR count). The Morgan fingerprint density at radius 3 is 2.54 bits per heavy atom. The third-order valence-electron chi connectivity index (χ3n) is 2.39. The molecule has 13 heavy (non-hydrogen) atoms. The number of rotatable bonds is 2. The Morgan fingerprint density at radius 2 is 2.00 bits per heavy atom. The molecular weight excluding hydrogens is 178 g/mol. The highest BCUT2D eigenvalue weighted by Gasteiger charge is 2.07. The Bertz CT molecular complexity index is 318. The van der Waals surface area contributed by atoms with Crippen LogP contribution in [0, 0.1) is 13.8 Å². The second kappa shape index (κ2) is 4.05. The highest BCUT2D eigenvalue weighted by Crippen LogP contribution is 2.27. The van der Waals surface area contributed by atoms with Crippen molar-refractivity contribution in [1.29, 1.82) is 0 Å². The summed E-state index contributed by atoms with van der Waals surface area (Å²) < 4.78 is 0. The van der Waals surface area contributed by atoms with E-state index in [1.165, 1.54) is 11.1 Å². The molecule has 0 radical (unpaired) electrons. The van der Waals surface area contributed by atoms with Crippen LogP contribution in [0.3, 0.4) is 0 Å². The summed E-state index contributed by atoms with van der Waals surface area (Å²) in [6, 6.07) is 2.15. The molecule has 1 aromatic carbocycles. The lowest BCUT2D eigenvalue weighted by Crippen LogP contribution is -1.99. The summed E-state index contributed by atoms with van der Waals surface area (Å²) in [5.41, 5.74) is 10.5. The van der Waals surface area contributed by atoms with Gasteiger partial charge in [0, 0.05) is 10.6 Å². The maximum atomic E-state index is 5.99. The Labute approximate surface area is 85.8 Å². The number of benzene rings is 1. The number of hydrogen-bond acceptors (Lipinski definition) is 2. The van der Waals surface area contributed by atoms with Gasteiger partial charge in [-0.25, -0.2) is 0 Å². The molecule has 0 fully saturated rings. The van der Waals surface area contributed by atoms with Gasteiger partial charge in [0.25, 0.3) is 0 Å². The smallest absolute Gasteiger partial charge is 0.0387 e. The predicted molar refractivity (Wildman–Crippen MR) is 61.6 cm³/mol. The minimum absolute atomic E-state index is 0.914. The van der Waals surface area contributed by atoms with Gasteiger partial charge in [-0.05, 0) is 37.0 Å². The number of thiol groups is 1. The van der Waals surface area contributed by atoms with Gasteiger partial charge in [0.15, 0.2) is 0 Å². The first-order valence-electron chi connectivity index (χ1n) is 4.65. The van der Waals surface area contributed by atoms with E-state index in [1.54, 1.807) is 0 Å². The molecular formula is C11H17NS. The largest absolute Gasteiger partial charge is 0.398 e. The van der Waals surface area contributed by atoms with Crippen molar-refractivity contribution in [3.05, 3.63) is 22.8 Å². The SMILES string of the molecule is CCCc1cc(C)c(S)c(C)c1N. The molecule has 2 N–H and O–H groups in total. The predicted octanol–water partition coefficient (Wildman–Crippen LogP) is 3.13. The molecule has 1 nitrogen and oxygen atoms in total. The lowest BCUT2D eigenvalue weighted by atomic mass is 10.0. The molecule has 0 aromatic heterocycles. The van der Waals surface area contributed by atoms with E-state index in [9.17, 15) is 0 Å². The van der Waals surface area contributed by atoms with Crippen molar-refractivity contribution < 1.29 is 0 Å². The van der Waals surface area contributed by atoms with Crippen LogP contribution in [0.15, 0.2) is 11.0 Å². The monoisotopic (exact) mass is 195 g/mol. The Kier molecular flexibility index (Phi) is 3.26. The van der Waals surface area contributed by atoms with Crippen molar-refractivity contribution in [3.63, 3.8) is 0 Å². The average Bonchev–Trinajstić information content (AvgIpc) is 2.11. The van der Waals surface area contributed by atoms with E-state index in [2.05, 4.69) is 32.5 Å². The van der Waals surface area contributed by atoms with Crippen LogP contribution in [0.25, 0.3) is 0 Å². The van der Waals surface area contributed by atoms with Crippen LogP contribution >= 0.6 is 12.6 Å². The Balaban J connectivity index is 3.24. The van der Waals surface area contributed by atoms with E-state index in [4.69, 9.17) is 5.73 Å². The average molecular weight is 195 g/mol. The number of nitrogen functional groups attached to an aromatic ring is 1. The summed E-state index contributed by atoms with van der Waals surface area (Å²) in [7, 11) is 0. The first-order valence-corrected chi connectivity index (χ1v) is 5.10. The number of aryl methyl sites for hydroxylation is 2. The normalized spacial score (nSPS) is 10.5. The highest BCUT2D eigenvalue weighted by molar-refractivity contribution is 7.80. The quantitative estimate of drug-likeness (QED) is 0.550. The molecule has 0 spiro atoms. The van der Waals surface area contributed by atoms with Gasteiger partial charge in [0.05, 0.1) is 0 Å². The summed E-state index contributed by atoms with van der Waals surface area (Å²) in [5.74, 6) is 0. The van der Waals surface area contributed by atoms with Gasteiger partial charge in [0.2, 0.25) is 0 Å². The van der Waals surface area contributed by atoms with Crippen LogP contribution in [-0.2, 0) is 6.42 Å². The maximum absolute atomic E-state index is 5.99. The third kappa shape index (κ3) is 1.99. The standard InChI is InChI=1S/C11H17NS/c1-4-5-9-6-7(2)11(13)8(3)10(9)12/h6,13H,4-5,12H2,1-3H3. The second-order valence-electron chi connectivity index (χ2n) is 3.49. The van der Waals surface area contributed by atoms with Gasteiger partial charge in [-0.1, -0.05) is 19.4 Å². The number of hydrogen-bond donors (Lipinski definition) is 2. The number of anilines is 1. The summed E-state index contributed by atoms with van der Waals surface area (Å²) in [6.07, 6.45) is 2.19. The topological polar surface area (TPSA) is 26.0 Å². The first-order chi connectivity index (χ1) is 6.07. The molecule has 0 aliphatic carbocycles. The summed E-state index contributed by atoms with van der Waals surface area (Å²) in [6.45, 7) is 6.27. The first kappa shape index (κ1) is 10.5. The van der Waals surface area contributed by atoms with Crippen LogP contribution in [-0.4, -0.2) is 0 Å². The van der Waals surface area contributed by atoms with Crippen LogP contribution in [0.1, 0.15) is 30.0 Å². The molecule has 0 saturated carbocycles. The molecule has 0 aliphatic heterocycles. The van der Waals surface area contributed by atoms with Crippen LogP contribution in [0.5, 0.6) is 0 Å². The van der Waals surface area contributed by atoms with Gasteiger partial charge in [-0.15, -0.1) is 12.6 Å².